The summed E-state index contributed by atoms with van der Waals surface area (Å²) < 4.78 is 37.0. The van der Waals surface area contributed by atoms with Gasteiger partial charge in [0, 0.05) is 16.0 Å². The molecule has 0 radical (unpaired) electrons. The van der Waals surface area contributed by atoms with Crippen molar-refractivity contribution in [2.24, 2.45) is 0 Å². The third kappa shape index (κ3) is 4.57. The van der Waals surface area contributed by atoms with Gasteiger partial charge in [-0.2, -0.15) is 8.42 Å². The van der Waals surface area contributed by atoms with Gasteiger partial charge in [-0.3, -0.25) is 9.35 Å². The minimum absolute atomic E-state index is 0.152. The highest BCUT2D eigenvalue weighted by Gasteiger charge is 2.17. The first kappa shape index (κ1) is 23.2. The van der Waals surface area contributed by atoms with Gasteiger partial charge in [0.25, 0.3) is 10.1 Å². The average Bonchev–Trinajstić information content (AvgIpc) is 2.73. The van der Waals surface area contributed by atoms with Gasteiger partial charge in [0.15, 0.2) is 5.43 Å². The van der Waals surface area contributed by atoms with Crippen molar-refractivity contribution in [3.63, 3.8) is 0 Å². The molecule has 0 saturated carbocycles. The van der Waals surface area contributed by atoms with E-state index in [9.17, 15) is 17.8 Å². The van der Waals surface area contributed by atoms with Crippen LogP contribution < -0.4 is 10.7 Å². The van der Waals surface area contributed by atoms with Gasteiger partial charge in [0.1, 0.15) is 11.5 Å². The Morgan fingerprint density at radius 2 is 1.82 bits per heavy atom. The van der Waals surface area contributed by atoms with Gasteiger partial charge < -0.3 is 10.3 Å². The number of hydrogen-bond acceptors (Lipinski definition) is 9. The van der Waals surface area contributed by atoms with E-state index < -0.39 is 10.1 Å². The van der Waals surface area contributed by atoms with Crippen molar-refractivity contribution >= 4 is 55.6 Å². The number of fused-ring (bicyclic) bond motifs is 2. The number of rotatable bonds is 6. The molecule has 4 aromatic rings. The first-order valence-electron chi connectivity index (χ1n) is 9.56. The van der Waals surface area contributed by atoms with Crippen molar-refractivity contribution < 1.29 is 27.6 Å². The summed E-state index contributed by atoms with van der Waals surface area (Å²) in [6, 6.07) is 9.57. The molecule has 4 rings (SSSR count). The maximum atomic E-state index is 13.2. The fourth-order valence-corrected chi connectivity index (χ4v) is 4.69. The molecule has 12 heteroatoms. The van der Waals surface area contributed by atoms with Gasteiger partial charge in [0.2, 0.25) is 0 Å². The molecule has 33 heavy (non-hydrogen) atoms. The molecule has 2 heterocycles. The van der Waals surface area contributed by atoms with Gasteiger partial charge in [-0.05, 0) is 73.9 Å². The van der Waals surface area contributed by atoms with Gasteiger partial charge in [0.05, 0.1) is 27.8 Å². The van der Waals surface area contributed by atoms with Crippen molar-refractivity contribution in [3.8, 4) is 0 Å². The fourth-order valence-electron chi connectivity index (χ4n) is 3.64. The van der Waals surface area contributed by atoms with Gasteiger partial charge in [-0.25, -0.2) is 10.2 Å². The third-order valence-corrected chi connectivity index (χ3v) is 6.57. The molecule has 0 aliphatic rings. The fraction of sp³-hybridized carbons (Fsp3) is 0.143. The lowest BCUT2D eigenvalue weighted by molar-refractivity contribution is -0.432. The SMILES string of the molecule is Cc1cc(SOOO)ccc1Nc1cc(C)c2c(=O)c3cc(S(=O)(=O)O)cc(C)c3[nH]c2n1. The number of aryl methyl sites for hydroxylation is 3. The summed E-state index contributed by atoms with van der Waals surface area (Å²) in [7, 11) is -4.46. The van der Waals surface area contributed by atoms with E-state index in [1.807, 2.05) is 19.1 Å². The monoisotopic (exact) mass is 489 g/mol. The molecule has 0 spiro atoms. The molecule has 2 aromatic carbocycles. The van der Waals surface area contributed by atoms with Crippen LogP contribution in [-0.4, -0.2) is 28.2 Å². The molecule has 0 amide bonds. The summed E-state index contributed by atoms with van der Waals surface area (Å²) in [4.78, 5) is 21.2. The van der Waals surface area contributed by atoms with Crippen LogP contribution in [0.15, 0.2) is 51.0 Å². The number of hydrogen-bond donors (Lipinski definition) is 4. The average molecular weight is 490 g/mol. The molecule has 10 nitrogen and oxygen atoms in total. The van der Waals surface area contributed by atoms with Crippen molar-refractivity contribution in [2.45, 2.75) is 30.6 Å². The molecular formula is C21H19N3O7S2. The second kappa shape index (κ2) is 8.74. The molecule has 4 N–H and O–H groups in total. The normalized spacial score (nSPS) is 11.9. The minimum Gasteiger partial charge on any atom is -0.340 e. The van der Waals surface area contributed by atoms with E-state index in [1.165, 1.54) is 6.07 Å². The van der Waals surface area contributed by atoms with E-state index in [0.717, 1.165) is 29.4 Å². The van der Waals surface area contributed by atoms with Gasteiger partial charge in [-0.1, -0.05) is 5.04 Å². The Morgan fingerprint density at radius 3 is 2.48 bits per heavy atom. The second-order valence-corrected chi connectivity index (χ2v) is 9.66. The van der Waals surface area contributed by atoms with Gasteiger partial charge in [-0.15, -0.1) is 4.33 Å². The molecule has 0 unspecified atom stereocenters. The lowest BCUT2D eigenvalue weighted by atomic mass is 10.1. The maximum Gasteiger partial charge on any atom is 0.294 e. The Kier molecular flexibility index (Phi) is 6.14. The Bertz CT molecular complexity index is 1570. The van der Waals surface area contributed by atoms with E-state index in [-0.39, 0.29) is 15.7 Å². The van der Waals surface area contributed by atoms with E-state index in [1.54, 1.807) is 26.0 Å². The van der Waals surface area contributed by atoms with Crippen LogP contribution >= 0.6 is 12.0 Å². The van der Waals surface area contributed by atoms with Crippen LogP contribution in [0.5, 0.6) is 0 Å². The van der Waals surface area contributed by atoms with Crippen LogP contribution in [0.25, 0.3) is 21.9 Å². The van der Waals surface area contributed by atoms with E-state index in [4.69, 9.17) is 5.26 Å². The molecule has 0 aliphatic heterocycles. The number of aromatic amines is 1. The zero-order valence-electron chi connectivity index (χ0n) is 17.7. The smallest absolute Gasteiger partial charge is 0.294 e. The highest BCUT2D eigenvalue weighted by atomic mass is 32.2. The summed E-state index contributed by atoms with van der Waals surface area (Å²) in [6.45, 7) is 5.28. The molecule has 0 saturated heterocycles. The second-order valence-electron chi connectivity index (χ2n) is 7.47. The molecular weight excluding hydrogens is 470 g/mol. The molecule has 0 bridgehead atoms. The van der Waals surface area contributed by atoms with Gasteiger partial charge >= 0.3 is 0 Å². The van der Waals surface area contributed by atoms with Crippen LogP contribution in [0.3, 0.4) is 0 Å². The first-order chi connectivity index (χ1) is 15.6. The van der Waals surface area contributed by atoms with E-state index in [0.29, 0.717) is 38.4 Å². The maximum absolute atomic E-state index is 13.2. The van der Waals surface area contributed by atoms with E-state index >= 15 is 0 Å². The third-order valence-electron chi connectivity index (χ3n) is 5.16. The largest absolute Gasteiger partial charge is 0.340 e. The van der Waals surface area contributed by atoms with Crippen molar-refractivity contribution in [1.29, 1.82) is 0 Å². The summed E-state index contributed by atoms with van der Waals surface area (Å²) in [5, 5.41) is 15.6. The number of benzene rings is 2. The summed E-state index contributed by atoms with van der Waals surface area (Å²) in [6.07, 6.45) is 0. The lowest BCUT2D eigenvalue weighted by Gasteiger charge is -2.13. The Balaban J connectivity index is 1.81. The molecule has 172 valence electrons. The predicted octanol–water partition coefficient (Wildman–Crippen LogP) is 4.42. The quantitative estimate of drug-likeness (QED) is 0.101. The molecule has 2 aromatic heterocycles. The molecule has 0 fully saturated rings. The van der Waals surface area contributed by atoms with Crippen LogP contribution in [-0.2, 0) is 19.5 Å². The van der Waals surface area contributed by atoms with Crippen molar-refractivity contribution in [2.75, 3.05) is 5.32 Å². The van der Waals surface area contributed by atoms with Crippen LogP contribution in [0, 0.1) is 20.8 Å². The highest BCUT2D eigenvalue weighted by Crippen LogP contribution is 2.28. The number of H-pyrrole nitrogens is 1. The molecule has 0 atom stereocenters. The zero-order chi connectivity index (χ0) is 23.9. The van der Waals surface area contributed by atoms with Crippen LogP contribution in [0.4, 0.5) is 11.5 Å². The number of nitrogens with zero attached hydrogens (tertiary/aromatic N) is 1. The van der Waals surface area contributed by atoms with Crippen molar-refractivity contribution in [1.82, 2.24) is 9.97 Å². The summed E-state index contributed by atoms with van der Waals surface area (Å²) >= 11 is 0.852. The lowest BCUT2D eigenvalue weighted by Crippen LogP contribution is -2.10. The number of pyridine rings is 2. The number of anilines is 2. The Labute approximate surface area is 192 Å². The minimum atomic E-state index is -4.46. The molecule has 0 aliphatic carbocycles. The number of aromatic nitrogens is 2. The number of nitrogens with one attached hydrogen (secondary N) is 2. The predicted molar refractivity (Wildman–Crippen MR) is 124 cm³/mol. The summed E-state index contributed by atoms with van der Waals surface area (Å²) in [5.41, 5.74) is 3.17. The highest BCUT2D eigenvalue weighted by molar-refractivity contribution is 7.94. The van der Waals surface area contributed by atoms with Crippen molar-refractivity contribution in [3.05, 3.63) is 63.3 Å². The Hall–Kier alpha value is -3.00. The van der Waals surface area contributed by atoms with Crippen LogP contribution in [0.2, 0.25) is 0 Å². The first-order valence-corrected chi connectivity index (χ1v) is 11.7. The zero-order valence-corrected chi connectivity index (χ0v) is 19.3. The summed E-state index contributed by atoms with van der Waals surface area (Å²) in [5.74, 6) is 0.501. The Morgan fingerprint density at radius 1 is 1.06 bits per heavy atom. The van der Waals surface area contributed by atoms with E-state index in [2.05, 4.69) is 24.7 Å². The van der Waals surface area contributed by atoms with Crippen LogP contribution in [0.1, 0.15) is 16.7 Å². The standard InChI is InChI=1S/C21H19N3O7S2/c1-10-6-13(32-31-30-26)4-5-16(10)22-17-8-11(2)18-20(25)15-9-14(33(27,28)29)7-12(3)19(15)24-21(18)23-17/h4-9,26H,1-3H3,(H,27,28,29)(H2,22,23,24,25). The topological polar surface area (TPSA) is 151 Å².